The lowest BCUT2D eigenvalue weighted by Gasteiger charge is -2.23. The summed E-state index contributed by atoms with van der Waals surface area (Å²) in [6.45, 7) is 1.97. The number of thioether (sulfide) groups is 1. The van der Waals surface area contributed by atoms with Crippen molar-refractivity contribution in [3.63, 3.8) is 0 Å². The first-order valence-corrected chi connectivity index (χ1v) is 12.9. The number of amides is 1. The summed E-state index contributed by atoms with van der Waals surface area (Å²) in [6.07, 6.45) is 0.451. The molecule has 2 aromatic carbocycles. The van der Waals surface area contributed by atoms with Crippen molar-refractivity contribution in [1.82, 2.24) is 19.7 Å². The predicted molar refractivity (Wildman–Crippen MR) is 122 cm³/mol. The van der Waals surface area contributed by atoms with E-state index in [1.165, 1.54) is 22.7 Å². The number of halogens is 1. The Kier molecular flexibility index (Phi) is 6.34. The molecule has 1 aliphatic heterocycles. The second-order valence-corrected chi connectivity index (χ2v) is 11.0. The summed E-state index contributed by atoms with van der Waals surface area (Å²) in [5.41, 5.74) is 2.14. The van der Waals surface area contributed by atoms with Crippen molar-refractivity contribution < 1.29 is 17.6 Å². The number of carbonyl (C=O) groups is 1. The van der Waals surface area contributed by atoms with Crippen molar-refractivity contribution in [2.45, 2.75) is 24.5 Å². The van der Waals surface area contributed by atoms with Gasteiger partial charge in [0.15, 0.2) is 20.8 Å². The van der Waals surface area contributed by atoms with E-state index in [4.69, 9.17) is 0 Å². The molecule has 7 nitrogen and oxygen atoms in total. The molecule has 32 heavy (non-hydrogen) atoms. The van der Waals surface area contributed by atoms with E-state index >= 15 is 0 Å². The molecule has 0 bridgehead atoms. The van der Waals surface area contributed by atoms with Gasteiger partial charge in [-0.3, -0.25) is 9.36 Å². The summed E-state index contributed by atoms with van der Waals surface area (Å²) < 4.78 is 39.7. The summed E-state index contributed by atoms with van der Waals surface area (Å²) in [5, 5.41) is 8.89. The lowest BCUT2D eigenvalue weighted by molar-refractivity contribution is -0.128. The van der Waals surface area contributed by atoms with Gasteiger partial charge >= 0.3 is 0 Å². The summed E-state index contributed by atoms with van der Waals surface area (Å²) >= 11 is 1.19. The maximum Gasteiger partial charge on any atom is 0.233 e. The third kappa shape index (κ3) is 4.71. The van der Waals surface area contributed by atoms with Crippen molar-refractivity contribution >= 4 is 27.5 Å². The van der Waals surface area contributed by atoms with Crippen LogP contribution >= 0.6 is 11.8 Å². The lowest BCUT2D eigenvalue weighted by atomic mass is 10.2. The van der Waals surface area contributed by atoms with Gasteiger partial charge in [0.05, 0.1) is 22.8 Å². The van der Waals surface area contributed by atoms with Crippen LogP contribution in [-0.4, -0.2) is 64.3 Å². The number of aromatic nitrogens is 3. The third-order valence-corrected chi connectivity index (χ3v) is 8.18. The van der Waals surface area contributed by atoms with Crippen LogP contribution in [0.3, 0.4) is 0 Å². The van der Waals surface area contributed by atoms with Crippen LogP contribution in [0.4, 0.5) is 4.39 Å². The predicted octanol–water partition coefficient (Wildman–Crippen LogP) is 3.12. The molecule has 0 unspecified atom stereocenters. The molecule has 0 N–H and O–H groups in total. The summed E-state index contributed by atoms with van der Waals surface area (Å²) in [4.78, 5) is 14.2. The van der Waals surface area contributed by atoms with E-state index in [0.717, 1.165) is 11.3 Å². The topological polar surface area (TPSA) is 85.2 Å². The van der Waals surface area contributed by atoms with Crippen molar-refractivity contribution in [2.75, 3.05) is 24.3 Å². The first-order chi connectivity index (χ1) is 15.2. The van der Waals surface area contributed by atoms with Crippen LogP contribution < -0.4 is 0 Å². The number of hydrogen-bond acceptors (Lipinski definition) is 6. The fraction of sp³-hybridized carbons (Fsp3) is 0.318. The molecule has 168 valence electrons. The number of rotatable bonds is 6. The largest absolute Gasteiger partial charge is 0.341 e. The third-order valence-electron chi connectivity index (χ3n) is 5.51. The van der Waals surface area contributed by atoms with Gasteiger partial charge in [-0.25, -0.2) is 12.8 Å². The highest BCUT2D eigenvalue weighted by Crippen LogP contribution is 2.30. The Balaban J connectivity index is 1.61. The molecule has 3 aromatic rings. The van der Waals surface area contributed by atoms with Crippen LogP contribution in [-0.2, 0) is 14.6 Å². The van der Waals surface area contributed by atoms with Crippen molar-refractivity contribution in [2.24, 2.45) is 0 Å². The van der Waals surface area contributed by atoms with Crippen LogP contribution in [0.25, 0.3) is 17.1 Å². The molecule has 2 heterocycles. The van der Waals surface area contributed by atoms with Crippen molar-refractivity contribution in [3.05, 3.63) is 59.9 Å². The Morgan fingerprint density at radius 1 is 1.19 bits per heavy atom. The van der Waals surface area contributed by atoms with E-state index in [-0.39, 0.29) is 29.2 Å². The van der Waals surface area contributed by atoms with E-state index in [9.17, 15) is 17.6 Å². The fourth-order valence-electron chi connectivity index (χ4n) is 3.62. The molecule has 0 saturated carbocycles. The average Bonchev–Trinajstić information content (AvgIpc) is 3.35. The van der Waals surface area contributed by atoms with Gasteiger partial charge in [0.1, 0.15) is 5.82 Å². The molecule has 0 radical (unpaired) electrons. The molecule has 0 aliphatic carbocycles. The van der Waals surface area contributed by atoms with Gasteiger partial charge in [-0.15, -0.1) is 10.2 Å². The zero-order chi connectivity index (χ0) is 22.9. The van der Waals surface area contributed by atoms with Crippen molar-refractivity contribution in [1.29, 1.82) is 0 Å². The maximum atomic E-state index is 14.5. The summed E-state index contributed by atoms with van der Waals surface area (Å²) in [6, 6.07) is 13.7. The Morgan fingerprint density at radius 3 is 2.56 bits per heavy atom. The number of aryl methyl sites for hydroxylation is 1. The Labute approximate surface area is 190 Å². The molecule has 1 atom stereocenters. The Morgan fingerprint density at radius 2 is 1.91 bits per heavy atom. The molecule has 10 heteroatoms. The van der Waals surface area contributed by atoms with Crippen LogP contribution in [0.1, 0.15) is 12.0 Å². The number of hydrogen-bond donors (Lipinski definition) is 0. The van der Waals surface area contributed by atoms with E-state index in [1.807, 2.05) is 31.2 Å². The van der Waals surface area contributed by atoms with E-state index in [1.54, 1.807) is 29.8 Å². The fourth-order valence-corrected chi connectivity index (χ4v) is 6.27. The minimum absolute atomic E-state index is 0.00309. The first-order valence-electron chi connectivity index (χ1n) is 10.1. The molecule has 1 saturated heterocycles. The molecule has 1 amide bonds. The molecule has 1 aliphatic rings. The summed E-state index contributed by atoms with van der Waals surface area (Å²) in [7, 11) is -1.45. The highest BCUT2D eigenvalue weighted by Gasteiger charge is 2.32. The minimum Gasteiger partial charge on any atom is -0.341 e. The highest BCUT2D eigenvalue weighted by atomic mass is 32.2. The second-order valence-electron chi connectivity index (χ2n) is 7.81. The normalized spacial score (nSPS) is 17.4. The molecule has 0 spiro atoms. The number of nitrogens with zero attached hydrogens (tertiary/aromatic N) is 4. The second kappa shape index (κ2) is 9.03. The monoisotopic (exact) mass is 474 g/mol. The highest BCUT2D eigenvalue weighted by molar-refractivity contribution is 7.99. The van der Waals surface area contributed by atoms with Gasteiger partial charge in [0, 0.05) is 18.8 Å². The maximum absolute atomic E-state index is 14.5. The molecular weight excluding hydrogens is 451 g/mol. The van der Waals surface area contributed by atoms with Crippen LogP contribution in [0.5, 0.6) is 0 Å². The smallest absolute Gasteiger partial charge is 0.233 e. The molecule has 1 fully saturated rings. The molecular formula is C22H23FN4O3S2. The van der Waals surface area contributed by atoms with Gasteiger partial charge < -0.3 is 4.90 Å². The van der Waals surface area contributed by atoms with Crippen LogP contribution in [0.15, 0.2) is 53.7 Å². The van der Waals surface area contributed by atoms with Gasteiger partial charge in [0.25, 0.3) is 0 Å². The molecule has 4 rings (SSSR count). The van der Waals surface area contributed by atoms with Crippen LogP contribution in [0.2, 0.25) is 0 Å². The Bertz CT molecular complexity index is 1240. The van der Waals surface area contributed by atoms with E-state index in [0.29, 0.717) is 23.0 Å². The van der Waals surface area contributed by atoms with Crippen molar-refractivity contribution in [3.8, 4) is 17.1 Å². The molecule has 1 aromatic heterocycles. The van der Waals surface area contributed by atoms with Gasteiger partial charge in [0.2, 0.25) is 5.91 Å². The Hall–Kier alpha value is -2.72. The van der Waals surface area contributed by atoms with E-state index in [2.05, 4.69) is 10.2 Å². The quantitative estimate of drug-likeness (QED) is 0.511. The summed E-state index contributed by atoms with van der Waals surface area (Å²) in [5.74, 6) is -0.0929. The van der Waals surface area contributed by atoms with Crippen LogP contribution in [0, 0.1) is 12.7 Å². The van der Waals surface area contributed by atoms with Gasteiger partial charge in [-0.05, 0) is 37.6 Å². The van der Waals surface area contributed by atoms with Gasteiger partial charge in [-0.1, -0.05) is 41.6 Å². The first kappa shape index (κ1) is 22.5. The van der Waals surface area contributed by atoms with Gasteiger partial charge in [-0.2, -0.15) is 0 Å². The SMILES string of the molecule is Cc1ccc(-n2c(SCC(=O)N(C)[C@H]3CCS(=O)(=O)C3)nnc2-c2ccccc2F)cc1. The average molecular weight is 475 g/mol. The zero-order valence-corrected chi connectivity index (χ0v) is 19.4. The number of carbonyl (C=O) groups excluding carboxylic acids is 1. The number of benzene rings is 2. The van der Waals surface area contributed by atoms with E-state index < -0.39 is 15.7 Å². The minimum atomic E-state index is -3.08. The number of sulfone groups is 1. The zero-order valence-electron chi connectivity index (χ0n) is 17.7. The lowest BCUT2D eigenvalue weighted by Crippen LogP contribution is -2.38. The standard InChI is InChI=1S/C22H23FN4O3S2/c1-15-7-9-16(10-8-15)27-21(18-5-3-4-6-19(18)23)24-25-22(27)31-13-20(28)26(2)17-11-12-32(29,30)14-17/h3-10,17H,11-14H2,1-2H3/t17-/m0/s1.